The molecule has 192 valence electrons. The maximum absolute atomic E-state index is 13.9. The standard InChI is InChI=1S/C29H26N4O4S/c30-18-22-16-20(6-7-28(22)37-23-10-14-36-15-11-23)25-9-13-32-29-26(25)17-27(21-8-12-31-19-21)33(29)38(34,35)24-4-2-1-3-5-24/h1-9,13,16-17,23,31H,10-12,14-15,19H2. The summed E-state index contributed by atoms with van der Waals surface area (Å²) >= 11 is 0. The van der Waals surface area contributed by atoms with Crippen molar-refractivity contribution >= 4 is 26.6 Å². The Balaban J connectivity index is 1.49. The van der Waals surface area contributed by atoms with E-state index in [1.165, 1.54) is 3.97 Å². The van der Waals surface area contributed by atoms with Gasteiger partial charge < -0.3 is 14.8 Å². The quantitative estimate of drug-likeness (QED) is 0.398. The second-order valence-electron chi connectivity index (χ2n) is 9.32. The van der Waals surface area contributed by atoms with Crippen LogP contribution < -0.4 is 10.1 Å². The van der Waals surface area contributed by atoms with Crippen LogP contribution in [0, 0.1) is 11.3 Å². The third-order valence-corrected chi connectivity index (χ3v) is 8.67. The highest BCUT2D eigenvalue weighted by atomic mass is 32.2. The van der Waals surface area contributed by atoms with Crippen LogP contribution >= 0.6 is 0 Å². The predicted octanol–water partition coefficient (Wildman–Crippen LogP) is 4.36. The van der Waals surface area contributed by atoms with Crippen LogP contribution in [0.2, 0.25) is 0 Å². The summed E-state index contributed by atoms with van der Waals surface area (Å²) in [6.45, 7) is 2.53. The van der Waals surface area contributed by atoms with Gasteiger partial charge in [0.05, 0.1) is 29.4 Å². The van der Waals surface area contributed by atoms with Crippen molar-refractivity contribution in [1.29, 1.82) is 5.26 Å². The average molecular weight is 527 g/mol. The molecule has 38 heavy (non-hydrogen) atoms. The van der Waals surface area contributed by atoms with Crippen molar-refractivity contribution < 1.29 is 17.9 Å². The van der Waals surface area contributed by atoms with Crippen LogP contribution in [0.1, 0.15) is 24.1 Å². The Morgan fingerprint density at radius 1 is 1.08 bits per heavy atom. The molecule has 1 saturated heterocycles. The monoisotopic (exact) mass is 526 g/mol. The predicted molar refractivity (Wildman–Crippen MR) is 144 cm³/mol. The Labute approximate surface area is 221 Å². The highest BCUT2D eigenvalue weighted by Gasteiger charge is 2.27. The second-order valence-corrected chi connectivity index (χ2v) is 11.1. The highest BCUT2D eigenvalue weighted by Crippen LogP contribution is 2.36. The minimum atomic E-state index is -3.92. The number of ether oxygens (including phenoxy) is 2. The minimum absolute atomic E-state index is 0.0161. The van der Waals surface area contributed by atoms with Gasteiger partial charge in [-0.3, -0.25) is 0 Å². The fraction of sp³-hybridized carbons (Fsp3) is 0.241. The van der Waals surface area contributed by atoms with Gasteiger partial charge in [0.2, 0.25) is 0 Å². The van der Waals surface area contributed by atoms with E-state index in [0.717, 1.165) is 29.5 Å². The Hall–Kier alpha value is -3.97. The van der Waals surface area contributed by atoms with Crippen molar-refractivity contribution in [3.63, 3.8) is 0 Å². The molecule has 1 N–H and O–H groups in total. The van der Waals surface area contributed by atoms with Crippen molar-refractivity contribution in [2.45, 2.75) is 23.8 Å². The normalized spacial score (nSPS) is 16.3. The molecule has 0 amide bonds. The number of nitrogens with one attached hydrogen (secondary N) is 1. The first-order valence-corrected chi connectivity index (χ1v) is 14.0. The lowest BCUT2D eigenvalue weighted by Crippen LogP contribution is -2.26. The average Bonchev–Trinajstić information content (AvgIpc) is 3.63. The molecule has 0 atom stereocenters. The van der Waals surface area contributed by atoms with E-state index in [4.69, 9.17) is 9.47 Å². The van der Waals surface area contributed by atoms with Gasteiger partial charge >= 0.3 is 0 Å². The van der Waals surface area contributed by atoms with Crippen LogP contribution in [-0.2, 0) is 14.8 Å². The molecule has 6 rings (SSSR count). The first-order chi connectivity index (χ1) is 18.6. The van der Waals surface area contributed by atoms with Crippen LogP contribution in [0.25, 0.3) is 27.7 Å². The molecule has 9 heteroatoms. The van der Waals surface area contributed by atoms with Gasteiger partial charge in [0.15, 0.2) is 5.65 Å². The summed E-state index contributed by atoms with van der Waals surface area (Å²) < 4.78 is 40.6. The summed E-state index contributed by atoms with van der Waals surface area (Å²) in [6, 6.07) is 19.9. The Kier molecular flexibility index (Phi) is 6.45. The van der Waals surface area contributed by atoms with E-state index in [-0.39, 0.29) is 11.0 Å². The summed E-state index contributed by atoms with van der Waals surface area (Å²) in [5.41, 5.74) is 3.82. The van der Waals surface area contributed by atoms with E-state index in [2.05, 4.69) is 16.4 Å². The highest BCUT2D eigenvalue weighted by molar-refractivity contribution is 7.90. The SMILES string of the molecule is N#Cc1cc(-c2ccnc3c2cc(C2=CCNC2)n3S(=O)(=O)c2ccccc2)ccc1OC1CCOCC1. The maximum Gasteiger partial charge on any atom is 0.269 e. The lowest BCUT2D eigenvalue weighted by Gasteiger charge is -2.23. The van der Waals surface area contributed by atoms with Crippen LogP contribution in [0.3, 0.4) is 0 Å². The fourth-order valence-corrected chi connectivity index (χ4v) is 6.54. The summed E-state index contributed by atoms with van der Waals surface area (Å²) in [4.78, 5) is 4.72. The number of nitrogens with zero attached hydrogens (tertiary/aromatic N) is 3. The number of aromatic nitrogens is 2. The van der Waals surface area contributed by atoms with Gasteiger partial charge in [-0.2, -0.15) is 5.26 Å². The van der Waals surface area contributed by atoms with Crippen molar-refractivity contribution in [2.75, 3.05) is 26.3 Å². The zero-order chi connectivity index (χ0) is 26.1. The van der Waals surface area contributed by atoms with E-state index >= 15 is 0 Å². The number of pyridine rings is 1. The number of hydrogen-bond donors (Lipinski definition) is 1. The lowest BCUT2D eigenvalue weighted by molar-refractivity contribution is 0.0254. The van der Waals surface area contributed by atoms with Crippen LogP contribution in [0.15, 0.2) is 77.8 Å². The summed E-state index contributed by atoms with van der Waals surface area (Å²) in [5, 5.41) is 13.8. The zero-order valence-electron chi connectivity index (χ0n) is 20.6. The Morgan fingerprint density at radius 2 is 1.89 bits per heavy atom. The molecular weight excluding hydrogens is 500 g/mol. The van der Waals surface area contributed by atoms with E-state index in [0.29, 0.717) is 54.3 Å². The Morgan fingerprint density at radius 3 is 2.63 bits per heavy atom. The largest absolute Gasteiger partial charge is 0.489 e. The van der Waals surface area contributed by atoms with E-state index in [1.54, 1.807) is 42.6 Å². The van der Waals surface area contributed by atoms with Gasteiger partial charge in [-0.1, -0.05) is 30.3 Å². The van der Waals surface area contributed by atoms with Gasteiger partial charge in [0, 0.05) is 37.5 Å². The summed E-state index contributed by atoms with van der Waals surface area (Å²) in [6.07, 6.45) is 5.20. The third-order valence-electron chi connectivity index (χ3n) is 6.95. The second kappa shape index (κ2) is 10.1. The van der Waals surface area contributed by atoms with E-state index in [9.17, 15) is 13.7 Å². The van der Waals surface area contributed by atoms with Crippen molar-refractivity contribution in [3.05, 3.63) is 84.2 Å². The fourth-order valence-electron chi connectivity index (χ4n) is 5.02. The third kappa shape index (κ3) is 4.37. The Bertz CT molecular complexity index is 1680. The van der Waals surface area contributed by atoms with E-state index < -0.39 is 10.0 Å². The minimum Gasteiger partial charge on any atom is -0.489 e. The zero-order valence-corrected chi connectivity index (χ0v) is 21.4. The molecule has 2 aliphatic heterocycles. The first-order valence-electron chi connectivity index (χ1n) is 12.6. The molecule has 0 saturated carbocycles. The van der Waals surface area contributed by atoms with Crippen molar-refractivity contribution in [2.24, 2.45) is 0 Å². The van der Waals surface area contributed by atoms with Gasteiger partial charge in [0.1, 0.15) is 17.9 Å². The van der Waals surface area contributed by atoms with Gasteiger partial charge in [-0.05, 0) is 53.1 Å². The van der Waals surface area contributed by atoms with Crippen molar-refractivity contribution in [3.8, 4) is 22.9 Å². The van der Waals surface area contributed by atoms with Crippen molar-refractivity contribution in [1.82, 2.24) is 14.3 Å². The topological polar surface area (TPSA) is 106 Å². The molecule has 1 fully saturated rings. The molecule has 0 aliphatic carbocycles. The molecule has 2 aliphatic rings. The number of nitriles is 1. The molecule has 0 radical (unpaired) electrons. The molecule has 0 bridgehead atoms. The van der Waals surface area contributed by atoms with Crippen LogP contribution in [0.5, 0.6) is 5.75 Å². The molecular formula is C29H26N4O4S. The van der Waals surface area contributed by atoms with Gasteiger partial charge in [-0.15, -0.1) is 0 Å². The smallest absolute Gasteiger partial charge is 0.269 e. The molecule has 0 spiro atoms. The molecule has 4 heterocycles. The number of fused-ring (bicyclic) bond motifs is 1. The molecule has 0 unspecified atom stereocenters. The summed E-state index contributed by atoms with van der Waals surface area (Å²) in [5.74, 6) is 0.542. The molecule has 2 aromatic carbocycles. The molecule has 8 nitrogen and oxygen atoms in total. The number of benzene rings is 2. The lowest BCUT2D eigenvalue weighted by atomic mass is 10.0. The summed E-state index contributed by atoms with van der Waals surface area (Å²) in [7, 11) is -3.92. The van der Waals surface area contributed by atoms with Gasteiger partial charge in [0.25, 0.3) is 10.0 Å². The molecule has 4 aromatic rings. The first kappa shape index (κ1) is 24.4. The van der Waals surface area contributed by atoms with Crippen LogP contribution in [0.4, 0.5) is 0 Å². The number of rotatable bonds is 6. The van der Waals surface area contributed by atoms with E-state index in [1.807, 2.05) is 30.3 Å². The van der Waals surface area contributed by atoms with Crippen LogP contribution in [-0.4, -0.2) is 49.8 Å². The van der Waals surface area contributed by atoms with Gasteiger partial charge in [-0.25, -0.2) is 17.4 Å². The maximum atomic E-state index is 13.9. The molecule has 2 aromatic heterocycles. The number of hydrogen-bond acceptors (Lipinski definition) is 7.